The van der Waals surface area contributed by atoms with Gasteiger partial charge in [-0.3, -0.25) is 9.48 Å². The van der Waals surface area contributed by atoms with E-state index in [2.05, 4.69) is 5.10 Å². The van der Waals surface area contributed by atoms with E-state index in [1.807, 2.05) is 13.1 Å². The van der Waals surface area contributed by atoms with Gasteiger partial charge in [0.2, 0.25) is 5.91 Å². The Bertz CT molecular complexity index is 405. The Kier molecular flexibility index (Phi) is 3.05. The number of amides is 1. The van der Waals surface area contributed by atoms with Crippen LogP contribution in [0, 0.1) is 5.92 Å². The lowest BCUT2D eigenvalue weighted by Crippen LogP contribution is -2.50. The first-order valence-electron chi connectivity index (χ1n) is 5.26. The SMILES string of the molecule is Cn1nccc1C=CC(=O)N1CC(CO)C1. The zero-order valence-electron chi connectivity index (χ0n) is 9.21. The minimum Gasteiger partial charge on any atom is -0.396 e. The van der Waals surface area contributed by atoms with Crippen LogP contribution in [0.5, 0.6) is 0 Å². The molecule has 0 atom stereocenters. The maximum Gasteiger partial charge on any atom is 0.246 e. The summed E-state index contributed by atoms with van der Waals surface area (Å²) in [5.41, 5.74) is 0.896. The summed E-state index contributed by atoms with van der Waals surface area (Å²) in [4.78, 5) is 13.3. The molecule has 5 nitrogen and oxygen atoms in total. The van der Waals surface area contributed by atoms with E-state index in [-0.39, 0.29) is 18.4 Å². The summed E-state index contributed by atoms with van der Waals surface area (Å²) in [7, 11) is 1.83. The van der Waals surface area contributed by atoms with E-state index in [1.165, 1.54) is 0 Å². The second-order valence-electron chi connectivity index (χ2n) is 4.00. The van der Waals surface area contributed by atoms with E-state index in [1.54, 1.807) is 27.9 Å². The summed E-state index contributed by atoms with van der Waals surface area (Å²) in [5, 5.41) is 12.8. The first-order valence-corrected chi connectivity index (χ1v) is 5.26. The third kappa shape index (κ3) is 2.14. The molecule has 1 aliphatic heterocycles. The molecule has 16 heavy (non-hydrogen) atoms. The Morgan fingerprint density at radius 2 is 2.44 bits per heavy atom. The normalized spacial score (nSPS) is 16.8. The van der Waals surface area contributed by atoms with Crippen LogP contribution in [0.3, 0.4) is 0 Å². The highest BCUT2D eigenvalue weighted by Crippen LogP contribution is 2.15. The van der Waals surface area contributed by atoms with Crippen molar-refractivity contribution >= 4 is 12.0 Å². The van der Waals surface area contributed by atoms with Gasteiger partial charge in [-0.15, -0.1) is 0 Å². The van der Waals surface area contributed by atoms with Crippen LogP contribution in [-0.2, 0) is 11.8 Å². The Labute approximate surface area is 94.0 Å². The molecule has 1 amide bonds. The molecule has 0 unspecified atom stereocenters. The monoisotopic (exact) mass is 221 g/mol. The zero-order chi connectivity index (χ0) is 11.5. The van der Waals surface area contributed by atoms with E-state index < -0.39 is 0 Å². The van der Waals surface area contributed by atoms with Crippen LogP contribution < -0.4 is 0 Å². The number of carbonyl (C=O) groups excluding carboxylic acids is 1. The van der Waals surface area contributed by atoms with Gasteiger partial charge in [0.25, 0.3) is 0 Å². The van der Waals surface area contributed by atoms with Crippen LogP contribution in [0.25, 0.3) is 6.08 Å². The maximum atomic E-state index is 11.6. The van der Waals surface area contributed by atoms with Crippen LogP contribution in [0.2, 0.25) is 0 Å². The molecule has 0 aromatic carbocycles. The number of likely N-dealkylation sites (tertiary alicyclic amines) is 1. The minimum atomic E-state index is -0.00843. The van der Waals surface area contributed by atoms with Gasteiger partial charge in [0, 0.05) is 44.9 Å². The Morgan fingerprint density at radius 1 is 1.69 bits per heavy atom. The molecule has 1 aromatic rings. The van der Waals surface area contributed by atoms with Gasteiger partial charge in [-0.05, 0) is 12.1 Å². The second-order valence-corrected chi connectivity index (χ2v) is 4.00. The molecule has 2 heterocycles. The lowest BCUT2D eigenvalue weighted by molar-refractivity contribution is -0.132. The van der Waals surface area contributed by atoms with Crippen LogP contribution in [0.1, 0.15) is 5.69 Å². The van der Waals surface area contributed by atoms with Crippen molar-refractivity contribution in [3.8, 4) is 0 Å². The van der Waals surface area contributed by atoms with Crippen molar-refractivity contribution in [3.05, 3.63) is 24.0 Å². The smallest absolute Gasteiger partial charge is 0.246 e. The van der Waals surface area contributed by atoms with Crippen molar-refractivity contribution in [1.82, 2.24) is 14.7 Å². The fraction of sp³-hybridized carbons (Fsp3) is 0.455. The summed E-state index contributed by atoms with van der Waals surface area (Å²) in [5.74, 6) is 0.250. The third-order valence-corrected chi connectivity index (χ3v) is 2.78. The van der Waals surface area contributed by atoms with Gasteiger partial charge in [0.05, 0.1) is 5.69 Å². The van der Waals surface area contributed by atoms with Gasteiger partial charge < -0.3 is 10.0 Å². The first kappa shape index (κ1) is 10.9. The van der Waals surface area contributed by atoms with Crippen LogP contribution >= 0.6 is 0 Å². The van der Waals surface area contributed by atoms with Gasteiger partial charge in [-0.25, -0.2) is 0 Å². The molecule has 1 aliphatic rings. The van der Waals surface area contributed by atoms with Gasteiger partial charge in [-0.1, -0.05) is 0 Å². The molecule has 0 spiro atoms. The van der Waals surface area contributed by atoms with Crippen molar-refractivity contribution in [1.29, 1.82) is 0 Å². The number of rotatable bonds is 3. The lowest BCUT2D eigenvalue weighted by atomic mass is 10.0. The van der Waals surface area contributed by atoms with Crippen LogP contribution in [-0.4, -0.2) is 45.4 Å². The van der Waals surface area contributed by atoms with Crippen molar-refractivity contribution in [2.24, 2.45) is 13.0 Å². The predicted octanol–water partition coefficient (Wildman–Crippen LogP) is -0.116. The van der Waals surface area contributed by atoms with Crippen molar-refractivity contribution in [2.45, 2.75) is 0 Å². The second kappa shape index (κ2) is 4.49. The number of hydrogen-bond donors (Lipinski definition) is 1. The number of hydrogen-bond acceptors (Lipinski definition) is 3. The highest BCUT2D eigenvalue weighted by molar-refractivity contribution is 5.92. The number of aromatic nitrogens is 2. The highest BCUT2D eigenvalue weighted by atomic mass is 16.3. The zero-order valence-corrected chi connectivity index (χ0v) is 9.21. The predicted molar refractivity (Wildman–Crippen MR) is 59.4 cm³/mol. The molecular weight excluding hydrogens is 206 g/mol. The fourth-order valence-corrected chi connectivity index (χ4v) is 1.68. The van der Waals surface area contributed by atoms with Crippen molar-refractivity contribution < 1.29 is 9.90 Å². The Balaban J connectivity index is 1.89. The third-order valence-electron chi connectivity index (χ3n) is 2.78. The summed E-state index contributed by atoms with van der Waals surface area (Å²) < 4.78 is 1.70. The maximum absolute atomic E-state index is 11.6. The minimum absolute atomic E-state index is 0.00843. The number of aryl methyl sites for hydroxylation is 1. The molecule has 1 saturated heterocycles. The number of aliphatic hydroxyl groups is 1. The average Bonchev–Trinajstić information content (AvgIpc) is 2.59. The molecule has 86 valence electrons. The molecule has 0 aliphatic carbocycles. The molecule has 0 saturated carbocycles. The van der Waals surface area contributed by atoms with E-state index in [0.29, 0.717) is 13.1 Å². The molecule has 1 aromatic heterocycles. The Hall–Kier alpha value is -1.62. The summed E-state index contributed by atoms with van der Waals surface area (Å²) in [6.45, 7) is 1.48. The Morgan fingerprint density at radius 3 is 3.00 bits per heavy atom. The van der Waals surface area contributed by atoms with E-state index in [4.69, 9.17) is 5.11 Å². The highest BCUT2D eigenvalue weighted by Gasteiger charge is 2.28. The largest absolute Gasteiger partial charge is 0.396 e. The van der Waals surface area contributed by atoms with Gasteiger partial charge >= 0.3 is 0 Å². The first-order chi connectivity index (χ1) is 7.70. The summed E-state index contributed by atoms with van der Waals surface area (Å²) in [6.07, 6.45) is 4.99. The van der Waals surface area contributed by atoms with Crippen LogP contribution in [0.15, 0.2) is 18.3 Å². The molecule has 1 N–H and O–H groups in total. The van der Waals surface area contributed by atoms with E-state index >= 15 is 0 Å². The van der Waals surface area contributed by atoms with Gasteiger partial charge in [0.1, 0.15) is 0 Å². The van der Waals surface area contributed by atoms with Gasteiger partial charge in [0.15, 0.2) is 0 Å². The standard InChI is InChI=1S/C11H15N3O2/c1-13-10(4-5-12-13)2-3-11(16)14-6-9(7-14)8-15/h2-5,9,15H,6-8H2,1H3. The lowest BCUT2D eigenvalue weighted by Gasteiger charge is -2.37. The van der Waals surface area contributed by atoms with Crippen molar-refractivity contribution in [3.63, 3.8) is 0 Å². The number of carbonyl (C=O) groups is 1. The van der Waals surface area contributed by atoms with Gasteiger partial charge in [-0.2, -0.15) is 5.10 Å². The molecule has 0 radical (unpaired) electrons. The van der Waals surface area contributed by atoms with E-state index in [9.17, 15) is 4.79 Å². The topological polar surface area (TPSA) is 58.4 Å². The number of aliphatic hydroxyl groups excluding tert-OH is 1. The summed E-state index contributed by atoms with van der Waals surface area (Å²) >= 11 is 0. The quantitative estimate of drug-likeness (QED) is 0.724. The van der Waals surface area contributed by atoms with Crippen LogP contribution in [0.4, 0.5) is 0 Å². The average molecular weight is 221 g/mol. The molecule has 2 rings (SSSR count). The molecule has 1 fully saturated rings. The molecule has 0 bridgehead atoms. The summed E-state index contributed by atoms with van der Waals surface area (Å²) in [6, 6.07) is 1.84. The molecular formula is C11H15N3O2. The van der Waals surface area contributed by atoms with E-state index in [0.717, 1.165) is 5.69 Å². The molecule has 5 heteroatoms. The fourth-order valence-electron chi connectivity index (χ4n) is 1.68. The van der Waals surface area contributed by atoms with Crippen molar-refractivity contribution in [2.75, 3.05) is 19.7 Å². The number of nitrogens with zero attached hydrogens (tertiary/aromatic N) is 3.